The van der Waals surface area contributed by atoms with Gasteiger partial charge in [0.2, 0.25) is 5.76 Å². The molecule has 1 N–H and O–H groups in total. The maximum absolute atomic E-state index is 13.0. The molecule has 0 aromatic heterocycles. The highest BCUT2D eigenvalue weighted by atomic mass is 19.1. The number of amides is 2. The molecule has 144 valence electrons. The molecule has 2 heterocycles. The summed E-state index contributed by atoms with van der Waals surface area (Å²) >= 11 is 0. The van der Waals surface area contributed by atoms with Crippen molar-refractivity contribution in [3.05, 3.63) is 65.9 Å². The Kier molecular flexibility index (Phi) is 4.60. The summed E-state index contributed by atoms with van der Waals surface area (Å²) in [5.41, 5.74) is 0.410. The molecule has 0 atom stereocenters. The standard InChI is InChI=1S/C20H17FN2O5/c21-14-3-1-13(2-4-14)19(25)22-7-9-23(10-8-22)20(26)18-12-27-17-11-15(24)5-6-16(17)28-18/h1-6,11-12,24H,7-10H2. The van der Waals surface area contributed by atoms with Crippen molar-refractivity contribution < 1.29 is 28.6 Å². The van der Waals surface area contributed by atoms with Gasteiger partial charge in [0.05, 0.1) is 0 Å². The first-order valence-corrected chi connectivity index (χ1v) is 8.73. The number of ether oxygens (including phenoxy) is 2. The number of hydrogen-bond donors (Lipinski definition) is 1. The molecule has 2 aliphatic heterocycles. The average Bonchev–Trinajstić information content (AvgIpc) is 2.73. The Labute approximate surface area is 160 Å². The Balaban J connectivity index is 1.37. The molecule has 8 heteroatoms. The van der Waals surface area contributed by atoms with Crippen molar-refractivity contribution in [2.75, 3.05) is 26.2 Å². The van der Waals surface area contributed by atoms with Crippen LogP contribution in [0.3, 0.4) is 0 Å². The molecule has 0 aliphatic carbocycles. The van der Waals surface area contributed by atoms with E-state index in [4.69, 9.17) is 9.47 Å². The molecule has 4 rings (SSSR count). The number of piperazine rings is 1. The van der Waals surface area contributed by atoms with E-state index in [1.54, 1.807) is 9.80 Å². The zero-order chi connectivity index (χ0) is 19.7. The molecular weight excluding hydrogens is 367 g/mol. The molecule has 2 aliphatic rings. The van der Waals surface area contributed by atoms with E-state index in [0.29, 0.717) is 43.2 Å². The van der Waals surface area contributed by atoms with Crippen LogP contribution in [0.5, 0.6) is 17.2 Å². The van der Waals surface area contributed by atoms with Crippen LogP contribution in [0.4, 0.5) is 4.39 Å². The second-order valence-corrected chi connectivity index (χ2v) is 6.42. The number of rotatable bonds is 2. The Hall–Kier alpha value is -3.55. The summed E-state index contributed by atoms with van der Waals surface area (Å²) in [6, 6.07) is 9.74. The van der Waals surface area contributed by atoms with Crippen LogP contribution in [0.15, 0.2) is 54.5 Å². The van der Waals surface area contributed by atoms with Crippen molar-refractivity contribution in [1.82, 2.24) is 9.80 Å². The fraction of sp³-hybridized carbons (Fsp3) is 0.200. The van der Waals surface area contributed by atoms with Gasteiger partial charge in [0.1, 0.15) is 17.8 Å². The SMILES string of the molecule is O=C(C1=COc2cc(O)ccc2O1)N1CCN(C(=O)c2ccc(F)cc2)CC1. The number of fused-ring (bicyclic) bond motifs is 1. The maximum atomic E-state index is 13.0. The minimum Gasteiger partial charge on any atom is -0.508 e. The summed E-state index contributed by atoms with van der Waals surface area (Å²) in [5.74, 6) is -0.194. The molecule has 0 radical (unpaired) electrons. The van der Waals surface area contributed by atoms with E-state index in [0.717, 1.165) is 0 Å². The first-order valence-electron chi connectivity index (χ1n) is 8.73. The molecular formula is C20H17FN2O5. The molecule has 0 bridgehead atoms. The fourth-order valence-corrected chi connectivity index (χ4v) is 3.07. The first kappa shape index (κ1) is 17.8. The van der Waals surface area contributed by atoms with Crippen LogP contribution in [-0.2, 0) is 4.79 Å². The Morgan fingerprint density at radius 2 is 1.54 bits per heavy atom. The number of phenols is 1. The van der Waals surface area contributed by atoms with Gasteiger partial charge in [0.15, 0.2) is 11.5 Å². The van der Waals surface area contributed by atoms with E-state index in [1.807, 2.05) is 0 Å². The minimum absolute atomic E-state index is 0.0347. The number of hydrogen-bond acceptors (Lipinski definition) is 5. The number of carbonyl (C=O) groups excluding carboxylic acids is 2. The topological polar surface area (TPSA) is 79.3 Å². The highest BCUT2D eigenvalue weighted by Crippen LogP contribution is 2.35. The smallest absolute Gasteiger partial charge is 0.292 e. The zero-order valence-electron chi connectivity index (χ0n) is 14.8. The van der Waals surface area contributed by atoms with Gasteiger partial charge >= 0.3 is 0 Å². The lowest BCUT2D eigenvalue weighted by molar-refractivity contribution is -0.131. The van der Waals surface area contributed by atoms with Crippen molar-refractivity contribution in [3.63, 3.8) is 0 Å². The van der Waals surface area contributed by atoms with Crippen molar-refractivity contribution >= 4 is 11.8 Å². The number of benzene rings is 2. The van der Waals surface area contributed by atoms with Crippen molar-refractivity contribution in [2.45, 2.75) is 0 Å². The van der Waals surface area contributed by atoms with Gasteiger partial charge in [-0.2, -0.15) is 0 Å². The maximum Gasteiger partial charge on any atom is 0.292 e. The van der Waals surface area contributed by atoms with Crippen molar-refractivity contribution in [2.24, 2.45) is 0 Å². The van der Waals surface area contributed by atoms with Crippen LogP contribution in [0.1, 0.15) is 10.4 Å². The highest BCUT2D eigenvalue weighted by Gasteiger charge is 2.29. The van der Waals surface area contributed by atoms with E-state index in [-0.39, 0.29) is 23.3 Å². The Morgan fingerprint density at radius 1 is 0.893 bits per heavy atom. The molecule has 1 fully saturated rings. The Morgan fingerprint density at radius 3 is 2.21 bits per heavy atom. The van der Waals surface area contributed by atoms with E-state index in [9.17, 15) is 19.1 Å². The van der Waals surface area contributed by atoms with Gasteiger partial charge < -0.3 is 24.4 Å². The summed E-state index contributed by atoms with van der Waals surface area (Å²) in [6.45, 7) is 1.41. The fourth-order valence-electron chi connectivity index (χ4n) is 3.07. The number of aromatic hydroxyl groups is 1. The van der Waals surface area contributed by atoms with Crippen LogP contribution >= 0.6 is 0 Å². The van der Waals surface area contributed by atoms with E-state index in [2.05, 4.69) is 0 Å². The van der Waals surface area contributed by atoms with Gasteiger partial charge in [-0.05, 0) is 36.4 Å². The molecule has 2 aromatic rings. The Bertz CT molecular complexity index is 950. The largest absolute Gasteiger partial charge is 0.508 e. The molecule has 2 aromatic carbocycles. The quantitative estimate of drug-likeness (QED) is 0.858. The van der Waals surface area contributed by atoms with Crippen LogP contribution in [0.2, 0.25) is 0 Å². The van der Waals surface area contributed by atoms with Gasteiger partial charge in [-0.25, -0.2) is 4.39 Å². The van der Waals surface area contributed by atoms with E-state index in [1.165, 1.54) is 48.7 Å². The molecule has 2 amide bonds. The number of phenolic OH excluding ortho intramolecular Hbond substituents is 1. The lowest BCUT2D eigenvalue weighted by atomic mass is 10.1. The van der Waals surface area contributed by atoms with Crippen molar-refractivity contribution in [3.8, 4) is 17.2 Å². The van der Waals surface area contributed by atoms with Gasteiger partial charge in [-0.3, -0.25) is 9.59 Å². The molecule has 0 spiro atoms. The number of nitrogens with zero attached hydrogens (tertiary/aromatic N) is 2. The average molecular weight is 384 g/mol. The third kappa shape index (κ3) is 3.48. The molecule has 7 nitrogen and oxygen atoms in total. The third-order valence-electron chi connectivity index (χ3n) is 4.60. The summed E-state index contributed by atoms with van der Waals surface area (Å²) < 4.78 is 24.0. The second-order valence-electron chi connectivity index (χ2n) is 6.42. The number of carbonyl (C=O) groups is 2. The van der Waals surface area contributed by atoms with Crippen LogP contribution < -0.4 is 9.47 Å². The highest BCUT2D eigenvalue weighted by molar-refractivity contribution is 5.95. The van der Waals surface area contributed by atoms with E-state index < -0.39 is 5.82 Å². The summed E-state index contributed by atoms with van der Waals surface area (Å²) in [7, 11) is 0. The van der Waals surface area contributed by atoms with Crippen molar-refractivity contribution in [1.29, 1.82) is 0 Å². The normalized spacial score (nSPS) is 15.8. The van der Waals surface area contributed by atoms with Gasteiger partial charge in [-0.1, -0.05) is 0 Å². The minimum atomic E-state index is -0.397. The molecule has 1 saturated heterocycles. The summed E-state index contributed by atoms with van der Waals surface area (Å²) in [4.78, 5) is 28.4. The molecule has 28 heavy (non-hydrogen) atoms. The number of halogens is 1. The molecule has 0 saturated carbocycles. The summed E-state index contributed by atoms with van der Waals surface area (Å²) in [5, 5.41) is 9.45. The molecule has 0 unspecified atom stereocenters. The second kappa shape index (κ2) is 7.22. The van der Waals surface area contributed by atoms with Crippen LogP contribution in [0.25, 0.3) is 0 Å². The lowest BCUT2D eigenvalue weighted by Crippen LogP contribution is -2.51. The van der Waals surface area contributed by atoms with Gasteiger partial charge in [0.25, 0.3) is 11.8 Å². The monoisotopic (exact) mass is 384 g/mol. The van der Waals surface area contributed by atoms with Gasteiger partial charge in [0, 0.05) is 37.8 Å². The van der Waals surface area contributed by atoms with E-state index >= 15 is 0 Å². The third-order valence-corrected chi connectivity index (χ3v) is 4.60. The van der Waals surface area contributed by atoms with Gasteiger partial charge in [-0.15, -0.1) is 0 Å². The predicted molar refractivity (Wildman–Crippen MR) is 96.3 cm³/mol. The lowest BCUT2D eigenvalue weighted by Gasteiger charge is -2.35. The zero-order valence-corrected chi connectivity index (χ0v) is 14.8. The van der Waals surface area contributed by atoms with Crippen LogP contribution in [0, 0.1) is 5.82 Å². The summed E-state index contributed by atoms with van der Waals surface area (Å²) in [6.07, 6.45) is 1.21. The predicted octanol–water partition coefficient (Wildman–Crippen LogP) is 2.13. The van der Waals surface area contributed by atoms with Crippen LogP contribution in [-0.4, -0.2) is 52.9 Å². The first-order chi connectivity index (χ1) is 13.5.